The minimum atomic E-state index is 0.372. The van der Waals surface area contributed by atoms with E-state index in [1.807, 2.05) is 0 Å². The normalized spacial score (nSPS) is 12.2. The van der Waals surface area contributed by atoms with Crippen molar-refractivity contribution in [2.45, 2.75) is 32.2 Å². The zero-order chi connectivity index (χ0) is 9.73. The lowest BCUT2D eigenvalue weighted by Gasteiger charge is -2.20. The summed E-state index contributed by atoms with van der Waals surface area (Å²) < 4.78 is 0. The third kappa shape index (κ3) is 2.92. The Morgan fingerprint density at radius 3 is 2.38 bits per heavy atom. The lowest BCUT2D eigenvalue weighted by molar-refractivity contribution is 0.761. The van der Waals surface area contributed by atoms with E-state index in [0.29, 0.717) is 14.2 Å². The Hall–Kier alpha value is -0.693. The van der Waals surface area contributed by atoms with Gasteiger partial charge in [0.05, 0.1) is 0 Å². The predicted molar refractivity (Wildman–Crippen MR) is 63.0 cm³/mol. The van der Waals surface area contributed by atoms with Crippen molar-refractivity contribution in [2.75, 3.05) is 0 Å². The van der Waals surface area contributed by atoms with Gasteiger partial charge in [-0.3, -0.25) is 0 Å². The van der Waals surface area contributed by atoms with Gasteiger partial charge in [0.15, 0.2) is 0 Å². The van der Waals surface area contributed by atoms with E-state index in [0.717, 1.165) is 0 Å². The summed E-state index contributed by atoms with van der Waals surface area (Å²) in [5.74, 6) is 0. The van der Waals surface area contributed by atoms with Crippen LogP contribution in [0.2, 0.25) is 0 Å². The van der Waals surface area contributed by atoms with Crippen molar-refractivity contribution in [3.8, 4) is 0 Å². The predicted octanol–water partition coefficient (Wildman–Crippen LogP) is 2.57. The Kier molecular flexibility index (Phi) is 3.61. The summed E-state index contributed by atoms with van der Waals surface area (Å²) in [4.78, 5) is 0. The highest BCUT2D eigenvalue weighted by Crippen LogP contribution is 2.18. The number of hydrogen-bond donors (Lipinski definition) is 0. The van der Waals surface area contributed by atoms with Gasteiger partial charge in [0.2, 0.25) is 0 Å². The van der Waals surface area contributed by atoms with Gasteiger partial charge in [-0.05, 0) is 26.2 Å². The fraction of sp³-hybridized carbons (Fsp3) is 0.417. The van der Waals surface area contributed by atoms with Gasteiger partial charge >= 0.3 is 0 Å². The zero-order valence-electron chi connectivity index (χ0n) is 8.75. The standard InChI is InChI=1S/C12H18Si/c1-4-10-13-12(2,3)11-8-6-5-7-9-11/h5-10,13H,4H2,1-3H3. The quantitative estimate of drug-likeness (QED) is 0.643. The van der Waals surface area contributed by atoms with Crippen molar-refractivity contribution < 1.29 is 0 Å². The molecular weight excluding hydrogens is 172 g/mol. The van der Waals surface area contributed by atoms with E-state index in [9.17, 15) is 0 Å². The second-order valence-electron chi connectivity index (χ2n) is 3.90. The summed E-state index contributed by atoms with van der Waals surface area (Å²) in [7, 11) is 0.414. The van der Waals surface area contributed by atoms with E-state index < -0.39 is 0 Å². The molecule has 1 rings (SSSR count). The Morgan fingerprint density at radius 2 is 1.85 bits per heavy atom. The van der Waals surface area contributed by atoms with E-state index in [1.54, 1.807) is 0 Å². The largest absolute Gasteiger partial charge is 0.106 e. The molecule has 0 aliphatic carbocycles. The van der Waals surface area contributed by atoms with Crippen LogP contribution in [0.15, 0.2) is 30.3 Å². The number of rotatable bonds is 3. The molecular formula is C12H18Si. The van der Waals surface area contributed by atoms with Crippen LogP contribution in [0.4, 0.5) is 0 Å². The molecule has 70 valence electrons. The van der Waals surface area contributed by atoms with Crippen molar-refractivity contribution >= 4 is 14.8 Å². The molecule has 0 aliphatic heterocycles. The Labute approximate surface area is 83.4 Å². The van der Waals surface area contributed by atoms with Crippen molar-refractivity contribution in [1.29, 1.82) is 0 Å². The lowest BCUT2D eigenvalue weighted by atomic mass is 10.0. The topological polar surface area (TPSA) is 0 Å². The van der Waals surface area contributed by atoms with E-state index in [1.165, 1.54) is 12.0 Å². The van der Waals surface area contributed by atoms with Crippen LogP contribution in [0.25, 0.3) is 0 Å². The van der Waals surface area contributed by atoms with Crippen molar-refractivity contribution in [3.63, 3.8) is 0 Å². The molecule has 1 aromatic rings. The summed E-state index contributed by atoms with van der Waals surface area (Å²) in [5, 5.41) is 0.372. The highest BCUT2D eigenvalue weighted by Gasteiger charge is 2.15. The van der Waals surface area contributed by atoms with Gasteiger partial charge in [-0.25, -0.2) is 0 Å². The first-order valence-corrected chi connectivity index (χ1v) is 6.14. The third-order valence-electron chi connectivity index (χ3n) is 2.29. The maximum absolute atomic E-state index is 2.44. The fourth-order valence-electron chi connectivity index (χ4n) is 1.38. The molecule has 0 saturated heterocycles. The molecule has 0 aliphatic rings. The summed E-state index contributed by atoms with van der Waals surface area (Å²) in [6, 6.07) is 10.8. The molecule has 0 atom stereocenters. The highest BCUT2D eigenvalue weighted by atomic mass is 28.2. The number of benzene rings is 1. The maximum atomic E-state index is 2.44. The minimum absolute atomic E-state index is 0.372. The SMILES string of the molecule is CCC=[SiH]C(C)(C)c1ccccc1. The van der Waals surface area contributed by atoms with Crippen LogP contribution in [0.1, 0.15) is 32.8 Å². The van der Waals surface area contributed by atoms with Gasteiger partial charge in [-0.15, -0.1) is 5.67 Å². The average molecular weight is 190 g/mol. The first-order valence-electron chi connectivity index (χ1n) is 4.90. The Bertz CT molecular complexity index is 272. The molecule has 1 aromatic carbocycles. The summed E-state index contributed by atoms with van der Waals surface area (Å²) in [6.45, 7) is 6.89. The second-order valence-corrected chi connectivity index (χ2v) is 6.15. The third-order valence-corrected chi connectivity index (χ3v) is 4.16. The van der Waals surface area contributed by atoms with Crippen molar-refractivity contribution in [1.82, 2.24) is 0 Å². The number of hydrogen-bond acceptors (Lipinski definition) is 0. The molecule has 1 heteroatoms. The van der Waals surface area contributed by atoms with Crippen molar-refractivity contribution in [3.05, 3.63) is 35.9 Å². The molecule has 0 fully saturated rings. The zero-order valence-corrected chi connectivity index (χ0v) is 9.90. The van der Waals surface area contributed by atoms with Crippen LogP contribution in [-0.2, 0) is 5.04 Å². The molecule has 0 radical (unpaired) electrons. The monoisotopic (exact) mass is 190 g/mol. The van der Waals surface area contributed by atoms with Crippen LogP contribution < -0.4 is 0 Å². The summed E-state index contributed by atoms with van der Waals surface area (Å²) in [5.41, 5.74) is 3.90. The molecule has 0 spiro atoms. The van der Waals surface area contributed by atoms with E-state index in [2.05, 4.69) is 56.8 Å². The minimum Gasteiger partial charge on any atom is -0.106 e. The molecule has 0 N–H and O–H groups in total. The van der Waals surface area contributed by atoms with Gasteiger partial charge in [0.1, 0.15) is 0 Å². The first kappa shape index (κ1) is 10.4. The van der Waals surface area contributed by atoms with Gasteiger partial charge < -0.3 is 0 Å². The molecule has 0 aromatic heterocycles. The molecule has 0 saturated carbocycles. The second kappa shape index (κ2) is 4.52. The van der Waals surface area contributed by atoms with Crippen LogP contribution >= 0.6 is 0 Å². The van der Waals surface area contributed by atoms with Gasteiger partial charge in [-0.2, -0.15) is 0 Å². The molecule has 0 unspecified atom stereocenters. The first-order chi connectivity index (χ1) is 6.17. The van der Waals surface area contributed by atoms with Crippen molar-refractivity contribution in [2.24, 2.45) is 0 Å². The highest BCUT2D eigenvalue weighted by molar-refractivity contribution is 6.50. The molecule has 13 heavy (non-hydrogen) atoms. The molecule has 0 amide bonds. The van der Waals surface area contributed by atoms with Gasteiger partial charge in [-0.1, -0.05) is 51.1 Å². The van der Waals surface area contributed by atoms with Crippen LogP contribution in [-0.4, -0.2) is 14.8 Å². The van der Waals surface area contributed by atoms with E-state index >= 15 is 0 Å². The molecule has 0 bridgehead atoms. The maximum Gasteiger partial charge on any atom is -0.000704 e. The Balaban J connectivity index is 2.87. The summed E-state index contributed by atoms with van der Waals surface area (Å²) in [6.07, 6.45) is 1.20. The van der Waals surface area contributed by atoms with Gasteiger partial charge in [0.25, 0.3) is 0 Å². The molecule has 0 nitrogen and oxygen atoms in total. The van der Waals surface area contributed by atoms with Crippen LogP contribution in [0, 0.1) is 0 Å². The van der Waals surface area contributed by atoms with Gasteiger partial charge in [0, 0.05) is 0 Å². The lowest BCUT2D eigenvalue weighted by Crippen LogP contribution is -2.21. The molecule has 0 heterocycles. The van der Waals surface area contributed by atoms with E-state index in [-0.39, 0.29) is 0 Å². The van der Waals surface area contributed by atoms with Crippen LogP contribution in [0.5, 0.6) is 0 Å². The van der Waals surface area contributed by atoms with Crippen LogP contribution in [0.3, 0.4) is 0 Å². The Morgan fingerprint density at radius 1 is 1.23 bits per heavy atom. The van der Waals surface area contributed by atoms with E-state index in [4.69, 9.17) is 0 Å². The fourth-order valence-corrected chi connectivity index (χ4v) is 2.59. The summed E-state index contributed by atoms with van der Waals surface area (Å²) >= 11 is 0. The average Bonchev–Trinajstić information content (AvgIpc) is 2.16. The smallest absolute Gasteiger partial charge is 0.000704 e.